The fourth-order valence-corrected chi connectivity index (χ4v) is 4.13. The van der Waals surface area contributed by atoms with E-state index in [4.69, 9.17) is 16.3 Å². The zero-order chi connectivity index (χ0) is 19.6. The van der Waals surface area contributed by atoms with Crippen LogP contribution in [0.4, 0.5) is 5.69 Å². The van der Waals surface area contributed by atoms with Crippen molar-refractivity contribution in [3.05, 3.63) is 28.9 Å². The number of rotatable bonds is 5. The second kappa shape index (κ2) is 8.31. The van der Waals surface area contributed by atoms with Crippen molar-refractivity contribution in [2.45, 2.75) is 27.2 Å². The molecular formula is C20H26ClN3O3. The van der Waals surface area contributed by atoms with Gasteiger partial charge in [0.15, 0.2) is 0 Å². The summed E-state index contributed by atoms with van der Waals surface area (Å²) in [5, 5.41) is 4.13. The van der Waals surface area contributed by atoms with Gasteiger partial charge in [-0.25, -0.2) is 4.79 Å². The zero-order valence-corrected chi connectivity index (χ0v) is 16.7. The van der Waals surface area contributed by atoms with E-state index < -0.39 is 5.97 Å². The highest BCUT2D eigenvalue weighted by molar-refractivity contribution is 6.31. The Kier molecular flexibility index (Phi) is 6.07. The second-order valence-electron chi connectivity index (χ2n) is 7.47. The monoisotopic (exact) mass is 391 g/mol. The highest BCUT2D eigenvalue weighted by atomic mass is 35.5. The molecule has 1 saturated heterocycles. The van der Waals surface area contributed by atoms with Gasteiger partial charge >= 0.3 is 5.97 Å². The molecule has 7 heteroatoms. The van der Waals surface area contributed by atoms with E-state index in [1.807, 2.05) is 0 Å². The molecule has 2 heterocycles. The Labute approximate surface area is 164 Å². The lowest BCUT2D eigenvalue weighted by Crippen LogP contribution is -2.42. The Balaban J connectivity index is 1.83. The van der Waals surface area contributed by atoms with Gasteiger partial charge < -0.3 is 15.0 Å². The Morgan fingerprint density at radius 3 is 2.67 bits per heavy atom. The largest absolute Gasteiger partial charge is 0.461 e. The predicted octanol–water partition coefficient (Wildman–Crippen LogP) is 3.91. The number of amides is 1. The fourth-order valence-electron chi connectivity index (χ4n) is 3.95. The number of anilines is 1. The van der Waals surface area contributed by atoms with Crippen molar-refractivity contribution in [2.24, 2.45) is 11.8 Å². The number of aromatic nitrogens is 1. The highest BCUT2D eigenvalue weighted by Crippen LogP contribution is 2.31. The normalized spacial score (nSPS) is 20.6. The summed E-state index contributed by atoms with van der Waals surface area (Å²) in [5.41, 5.74) is 1.38. The number of fused-ring (bicyclic) bond motifs is 1. The van der Waals surface area contributed by atoms with Crippen molar-refractivity contribution in [2.75, 3.05) is 31.6 Å². The van der Waals surface area contributed by atoms with Crippen LogP contribution in [0.3, 0.4) is 0 Å². The molecule has 0 unspecified atom stereocenters. The van der Waals surface area contributed by atoms with E-state index in [-0.39, 0.29) is 18.2 Å². The van der Waals surface area contributed by atoms with Crippen LogP contribution in [0.1, 0.15) is 37.7 Å². The molecule has 1 aromatic heterocycles. The lowest BCUT2D eigenvalue weighted by molar-refractivity contribution is -0.117. The lowest BCUT2D eigenvalue weighted by Gasteiger charge is -2.34. The van der Waals surface area contributed by atoms with Crippen LogP contribution in [-0.2, 0) is 9.53 Å². The Morgan fingerprint density at radius 1 is 1.30 bits per heavy atom. The van der Waals surface area contributed by atoms with Crippen molar-refractivity contribution in [3.63, 3.8) is 0 Å². The molecular weight excluding hydrogens is 366 g/mol. The third kappa shape index (κ3) is 4.62. The molecule has 3 rings (SSSR count). The number of nitrogens with zero attached hydrogens (tertiary/aromatic N) is 1. The standard InChI is InChI=1S/C20H26ClN3O3/c1-4-27-20(26)19-18(15-8-14(21)5-6-16(15)22-19)23-17(25)11-24-9-12(2)7-13(3)10-24/h5-6,8,12-13,22H,4,7,9-11H2,1-3H3,(H,23,25)/t12-,13-/m0/s1. The van der Waals surface area contributed by atoms with Crippen LogP contribution in [-0.4, -0.2) is 48.0 Å². The minimum Gasteiger partial charge on any atom is -0.461 e. The van der Waals surface area contributed by atoms with E-state index in [0.717, 1.165) is 18.6 Å². The number of nitrogens with one attached hydrogen (secondary N) is 2. The Hall–Kier alpha value is -2.05. The van der Waals surface area contributed by atoms with Gasteiger partial charge in [-0.05, 0) is 43.4 Å². The molecule has 0 saturated carbocycles. The van der Waals surface area contributed by atoms with Gasteiger partial charge in [-0.2, -0.15) is 0 Å². The van der Waals surface area contributed by atoms with Gasteiger partial charge in [-0.1, -0.05) is 25.4 Å². The minimum absolute atomic E-state index is 0.150. The third-order valence-electron chi connectivity index (χ3n) is 4.82. The predicted molar refractivity (Wildman–Crippen MR) is 107 cm³/mol. The second-order valence-corrected chi connectivity index (χ2v) is 7.91. The summed E-state index contributed by atoms with van der Waals surface area (Å²) < 4.78 is 5.12. The summed E-state index contributed by atoms with van der Waals surface area (Å²) in [5.74, 6) is 0.496. The maximum absolute atomic E-state index is 12.7. The number of hydrogen-bond donors (Lipinski definition) is 2. The first-order valence-electron chi connectivity index (χ1n) is 9.38. The van der Waals surface area contributed by atoms with Crippen molar-refractivity contribution in [3.8, 4) is 0 Å². The fraction of sp³-hybridized carbons (Fsp3) is 0.500. The van der Waals surface area contributed by atoms with Crippen molar-refractivity contribution in [1.29, 1.82) is 0 Å². The molecule has 1 aliphatic rings. The average Bonchev–Trinajstić information content (AvgIpc) is 2.92. The van der Waals surface area contributed by atoms with E-state index >= 15 is 0 Å². The molecule has 2 atom stereocenters. The van der Waals surface area contributed by atoms with E-state index in [1.54, 1.807) is 25.1 Å². The number of carbonyl (C=O) groups excluding carboxylic acids is 2. The molecule has 1 amide bonds. The first-order chi connectivity index (χ1) is 12.9. The molecule has 1 fully saturated rings. The van der Waals surface area contributed by atoms with Crippen LogP contribution in [0.15, 0.2) is 18.2 Å². The number of piperidine rings is 1. The summed E-state index contributed by atoms with van der Waals surface area (Å²) >= 11 is 6.11. The number of H-pyrrole nitrogens is 1. The number of esters is 1. The van der Waals surface area contributed by atoms with Gasteiger partial charge in [-0.3, -0.25) is 9.69 Å². The molecule has 2 N–H and O–H groups in total. The summed E-state index contributed by atoms with van der Waals surface area (Å²) in [6.45, 7) is 8.52. The van der Waals surface area contributed by atoms with Crippen LogP contribution in [0.25, 0.3) is 10.9 Å². The molecule has 0 aliphatic carbocycles. The van der Waals surface area contributed by atoms with Gasteiger partial charge in [0.25, 0.3) is 0 Å². The van der Waals surface area contributed by atoms with E-state index in [9.17, 15) is 9.59 Å². The molecule has 0 bridgehead atoms. The summed E-state index contributed by atoms with van der Waals surface area (Å²) in [6, 6.07) is 5.25. The Bertz CT molecular complexity index is 838. The van der Waals surface area contributed by atoms with Crippen molar-refractivity contribution < 1.29 is 14.3 Å². The minimum atomic E-state index is -0.500. The van der Waals surface area contributed by atoms with E-state index in [0.29, 0.717) is 34.5 Å². The highest BCUT2D eigenvalue weighted by Gasteiger charge is 2.25. The van der Waals surface area contributed by atoms with Gasteiger partial charge in [0.05, 0.1) is 18.8 Å². The first-order valence-corrected chi connectivity index (χ1v) is 9.75. The topological polar surface area (TPSA) is 74.4 Å². The average molecular weight is 392 g/mol. The molecule has 1 aromatic carbocycles. The number of aromatic amines is 1. The third-order valence-corrected chi connectivity index (χ3v) is 5.05. The number of halogens is 1. The first kappa shape index (κ1) is 19.7. The van der Waals surface area contributed by atoms with Crippen LogP contribution in [0.5, 0.6) is 0 Å². The molecule has 0 radical (unpaired) electrons. The van der Waals surface area contributed by atoms with Gasteiger partial charge in [-0.15, -0.1) is 0 Å². The van der Waals surface area contributed by atoms with E-state index in [1.165, 1.54) is 6.42 Å². The summed E-state index contributed by atoms with van der Waals surface area (Å²) in [4.78, 5) is 30.2. The van der Waals surface area contributed by atoms with Crippen molar-refractivity contribution >= 4 is 40.1 Å². The molecule has 2 aromatic rings. The van der Waals surface area contributed by atoms with Gasteiger partial charge in [0.2, 0.25) is 5.91 Å². The van der Waals surface area contributed by atoms with Crippen LogP contribution >= 0.6 is 11.6 Å². The molecule has 6 nitrogen and oxygen atoms in total. The quantitative estimate of drug-likeness (QED) is 0.757. The van der Waals surface area contributed by atoms with Crippen LogP contribution in [0.2, 0.25) is 5.02 Å². The number of hydrogen-bond acceptors (Lipinski definition) is 4. The lowest BCUT2D eigenvalue weighted by atomic mass is 9.92. The number of benzene rings is 1. The molecule has 146 valence electrons. The molecule has 27 heavy (non-hydrogen) atoms. The number of ether oxygens (including phenoxy) is 1. The summed E-state index contributed by atoms with van der Waals surface area (Å²) in [7, 11) is 0. The van der Waals surface area contributed by atoms with Crippen molar-refractivity contribution in [1.82, 2.24) is 9.88 Å². The SMILES string of the molecule is CCOC(=O)c1[nH]c2ccc(Cl)cc2c1NC(=O)CN1C[C@@H](C)C[C@H](C)C1. The maximum Gasteiger partial charge on any atom is 0.356 e. The summed E-state index contributed by atoms with van der Waals surface area (Å²) in [6.07, 6.45) is 1.19. The molecule has 1 aliphatic heterocycles. The van der Waals surface area contributed by atoms with Gasteiger partial charge in [0, 0.05) is 29.0 Å². The van der Waals surface area contributed by atoms with Gasteiger partial charge in [0.1, 0.15) is 5.69 Å². The maximum atomic E-state index is 12.7. The molecule has 0 spiro atoms. The Morgan fingerprint density at radius 2 is 2.00 bits per heavy atom. The van der Waals surface area contributed by atoms with Crippen LogP contribution < -0.4 is 5.32 Å². The zero-order valence-electron chi connectivity index (χ0n) is 16.0. The van der Waals surface area contributed by atoms with Crippen LogP contribution in [0, 0.1) is 11.8 Å². The van der Waals surface area contributed by atoms with E-state index in [2.05, 4.69) is 29.0 Å². The number of carbonyl (C=O) groups is 2. The number of likely N-dealkylation sites (tertiary alicyclic amines) is 1. The smallest absolute Gasteiger partial charge is 0.356 e.